The van der Waals surface area contributed by atoms with E-state index in [0.717, 1.165) is 0 Å². The molecule has 1 aromatic rings. The molecule has 1 aliphatic heterocycles. The summed E-state index contributed by atoms with van der Waals surface area (Å²) in [5.74, 6) is -2.20. The molecular formula is C15H23N3O4. The minimum Gasteiger partial charge on any atom is -0.481 e. The van der Waals surface area contributed by atoms with Gasteiger partial charge in [0.05, 0.1) is 0 Å². The van der Waals surface area contributed by atoms with Crippen molar-refractivity contribution in [3.8, 4) is 0 Å². The minimum absolute atomic E-state index is 0.0231. The molecule has 0 aromatic carbocycles. The van der Waals surface area contributed by atoms with Gasteiger partial charge in [0.15, 0.2) is 0 Å². The van der Waals surface area contributed by atoms with E-state index in [1.165, 1.54) is 24.9 Å². The van der Waals surface area contributed by atoms with Crippen molar-refractivity contribution in [2.24, 2.45) is 5.73 Å². The monoisotopic (exact) mass is 309 g/mol. The first kappa shape index (κ1) is 18.1. The van der Waals surface area contributed by atoms with E-state index in [1.807, 2.05) is 18.5 Å². The third kappa shape index (κ3) is 6.19. The van der Waals surface area contributed by atoms with E-state index in [1.54, 1.807) is 0 Å². The molecule has 0 bridgehead atoms. The molecule has 0 saturated carbocycles. The summed E-state index contributed by atoms with van der Waals surface area (Å²) in [6.07, 6.45) is 6.18. The predicted molar refractivity (Wildman–Crippen MR) is 81.3 cm³/mol. The number of rotatable bonds is 5. The number of nitrogens with zero attached hydrogens (tertiary/aromatic N) is 2. The lowest BCUT2D eigenvalue weighted by Crippen LogP contribution is -2.30. The SMILES string of the molecule is CN1CCCC1c1cccnc1.NC(CCC(=O)O)C(=O)O. The summed E-state index contributed by atoms with van der Waals surface area (Å²) >= 11 is 0. The maximum absolute atomic E-state index is 9.99. The predicted octanol–water partition coefficient (Wildman–Crippen LogP) is 1.11. The molecule has 2 atom stereocenters. The normalized spacial score (nSPS) is 19.1. The van der Waals surface area contributed by atoms with Gasteiger partial charge < -0.3 is 15.9 Å². The molecular weight excluding hydrogens is 286 g/mol. The Morgan fingerprint density at radius 3 is 2.68 bits per heavy atom. The van der Waals surface area contributed by atoms with E-state index in [-0.39, 0.29) is 12.8 Å². The zero-order valence-electron chi connectivity index (χ0n) is 12.7. The van der Waals surface area contributed by atoms with Gasteiger partial charge in [0, 0.05) is 24.9 Å². The topological polar surface area (TPSA) is 117 Å². The maximum atomic E-state index is 9.99. The highest BCUT2D eigenvalue weighted by Crippen LogP contribution is 2.29. The van der Waals surface area contributed by atoms with Crippen molar-refractivity contribution < 1.29 is 19.8 Å². The Morgan fingerprint density at radius 2 is 2.23 bits per heavy atom. The third-order valence-electron chi connectivity index (χ3n) is 3.58. The first-order valence-corrected chi connectivity index (χ1v) is 7.22. The molecule has 7 nitrogen and oxygen atoms in total. The number of hydrogen-bond acceptors (Lipinski definition) is 5. The summed E-state index contributed by atoms with van der Waals surface area (Å²) in [5.41, 5.74) is 6.36. The van der Waals surface area contributed by atoms with Crippen LogP contribution in [-0.2, 0) is 9.59 Å². The highest BCUT2D eigenvalue weighted by atomic mass is 16.4. The molecule has 2 rings (SSSR count). The van der Waals surface area contributed by atoms with Gasteiger partial charge in [0.2, 0.25) is 0 Å². The van der Waals surface area contributed by atoms with Gasteiger partial charge in [-0.3, -0.25) is 19.5 Å². The molecule has 1 fully saturated rings. The van der Waals surface area contributed by atoms with Gasteiger partial charge in [0.1, 0.15) is 6.04 Å². The molecule has 0 amide bonds. The van der Waals surface area contributed by atoms with Crippen LogP contribution in [0.5, 0.6) is 0 Å². The van der Waals surface area contributed by atoms with E-state index >= 15 is 0 Å². The Bertz CT molecular complexity index is 481. The quantitative estimate of drug-likeness (QED) is 0.746. The summed E-state index contributed by atoms with van der Waals surface area (Å²) in [7, 11) is 2.19. The molecule has 1 saturated heterocycles. The number of nitrogens with two attached hydrogens (primary N) is 1. The fourth-order valence-electron chi connectivity index (χ4n) is 2.31. The van der Waals surface area contributed by atoms with E-state index in [9.17, 15) is 9.59 Å². The molecule has 4 N–H and O–H groups in total. The third-order valence-corrected chi connectivity index (χ3v) is 3.58. The van der Waals surface area contributed by atoms with Crippen LogP contribution in [0.15, 0.2) is 24.5 Å². The van der Waals surface area contributed by atoms with Crippen LogP contribution in [0, 0.1) is 0 Å². The first-order valence-electron chi connectivity index (χ1n) is 7.22. The second kappa shape index (κ2) is 9.11. The zero-order chi connectivity index (χ0) is 16.5. The van der Waals surface area contributed by atoms with Crippen LogP contribution in [-0.4, -0.2) is 51.7 Å². The second-order valence-corrected chi connectivity index (χ2v) is 5.30. The van der Waals surface area contributed by atoms with Crippen LogP contribution in [0.1, 0.15) is 37.3 Å². The summed E-state index contributed by atoms with van der Waals surface area (Å²) in [5, 5.41) is 16.3. The van der Waals surface area contributed by atoms with Crippen LogP contribution in [0.3, 0.4) is 0 Å². The lowest BCUT2D eigenvalue weighted by atomic mass is 10.1. The van der Waals surface area contributed by atoms with E-state index < -0.39 is 18.0 Å². The van der Waals surface area contributed by atoms with Gasteiger partial charge in [-0.2, -0.15) is 0 Å². The molecule has 2 unspecified atom stereocenters. The second-order valence-electron chi connectivity index (χ2n) is 5.30. The van der Waals surface area contributed by atoms with Crippen molar-refractivity contribution in [3.05, 3.63) is 30.1 Å². The Balaban J connectivity index is 0.000000225. The summed E-state index contributed by atoms with van der Waals surface area (Å²) in [6.45, 7) is 1.22. The number of aromatic nitrogens is 1. The molecule has 2 heterocycles. The van der Waals surface area contributed by atoms with Gasteiger partial charge in [-0.05, 0) is 44.5 Å². The van der Waals surface area contributed by atoms with Crippen molar-refractivity contribution in [2.45, 2.75) is 37.8 Å². The Labute approximate surface area is 129 Å². The summed E-state index contributed by atoms with van der Waals surface area (Å²) < 4.78 is 0. The molecule has 7 heteroatoms. The van der Waals surface area contributed by atoms with Gasteiger partial charge in [-0.1, -0.05) is 6.07 Å². The lowest BCUT2D eigenvalue weighted by molar-refractivity contribution is -0.139. The highest BCUT2D eigenvalue weighted by Gasteiger charge is 2.21. The van der Waals surface area contributed by atoms with Crippen molar-refractivity contribution in [2.75, 3.05) is 13.6 Å². The number of hydrogen-bond donors (Lipinski definition) is 3. The van der Waals surface area contributed by atoms with Crippen molar-refractivity contribution >= 4 is 11.9 Å². The Morgan fingerprint density at radius 1 is 1.50 bits per heavy atom. The minimum atomic E-state index is -1.17. The van der Waals surface area contributed by atoms with Crippen molar-refractivity contribution in [1.29, 1.82) is 0 Å². The molecule has 122 valence electrons. The van der Waals surface area contributed by atoms with Gasteiger partial charge >= 0.3 is 11.9 Å². The molecule has 0 aliphatic carbocycles. The number of carboxylic acids is 2. The number of carbonyl (C=O) groups is 2. The fourth-order valence-corrected chi connectivity index (χ4v) is 2.31. The molecule has 0 radical (unpaired) electrons. The van der Waals surface area contributed by atoms with Gasteiger partial charge in [-0.25, -0.2) is 0 Å². The molecule has 1 aliphatic rings. The average Bonchev–Trinajstić information content (AvgIpc) is 2.92. The first-order chi connectivity index (χ1) is 10.4. The van der Waals surface area contributed by atoms with Gasteiger partial charge in [0.25, 0.3) is 0 Å². The fraction of sp³-hybridized carbons (Fsp3) is 0.533. The largest absolute Gasteiger partial charge is 0.481 e. The van der Waals surface area contributed by atoms with Crippen LogP contribution >= 0.6 is 0 Å². The van der Waals surface area contributed by atoms with E-state index in [2.05, 4.69) is 23.0 Å². The number of likely N-dealkylation sites (tertiary alicyclic amines) is 1. The number of carboxylic acid groups (broad SMARTS) is 2. The van der Waals surface area contributed by atoms with E-state index in [4.69, 9.17) is 15.9 Å². The van der Waals surface area contributed by atoms with Crippen LogP contribution < -0.4 is 5.73 Å². The van der Waals surface area contributed by atoms with E-state index in [0.29, 0.717) is 6.04 Å². The smallest absolute Gasteiger partial charge is 0.320 e. The van der Waals surface area contributed by atoms with Crippen LogP contribution in [0.2, 0.25) is 0 Å². The highest BCUT2D eigenvalue weighted by molar-refractivity contribution is 5.74. The maximum Gasteiger partial charge on any atom is 0.320 e. The molecule has 1 aromatic heterocycles. The molecule has 0 spiro atoms. The van der Waals surface area contributed by atoms with Crippen molar-refractivity contribution in [3.63, 3.8) is 0 Å². The summed E-state index contributed by atoms with van der Waals surface area (Å²) in [6, 6.07) is 3.73. The zero-order valence-corrected chi connectivity index (χ0v) is 12.7. The Hall–Kier alpha value is -1.99. The van der Waals surface area contributed by atoms with Crippen LogP contribution in [0.25, 0.3) is 0 Å². The number of pyridine rings is 1. The summed E-state index contributed by atoms with van der Waals surface area (Å²) in [4.78, 5) is 26.4. The Kier molecular flexibility index (Phi) is 7.48. The van der Waals surface area contributed by atoms with Crippen molar-refractivity contribution in [1.82, 2.24) is 9.88 Å². The van der Waals surface area contributed by atoms with Gasteiger partial charge in [-0.15, -0.1) is 0 Å². The average molecular weight is 309 g/mol. The molecule has 22 heavy (non-hydrogen) atoms. The lowest BCUT2D eigenvalue weighted by Gasteiger charge is -2.18. The standard InChI is InChI=1S/C10H14N2.C5H9NO4/c1-12-7-3-5-10(12)9-4-2-6-11-8-9;6-3(5(9)10)1-2-4(7)8/h2,4,6,8,10H,3,5,7H2,1H3;3H,1-2,6H2,(H,7,8)(H,9,10). The number of aliphatic carboxylic acids is 2. The van der Waals surface area contributed by atoms with Crippen LogP contribution in [0.4, 0.5) is 0 Å².